The molecule has 0 spiro atoms. The fourth-order valence-electron chi connectivity index (χ4n) is 4.07. The maximum atomic E-state index is 13.2. The minimum Gasteiger partial charge on any atom is -0.354 e. The predicted molar refractivity (Wildman–Crippen MR) is 99.7 cm³/mol. The van der Waals surface area contributed by atoms with E-state index in [1.165, 1.54) is 24.3 Å². The van der Waals surface area contributed by atoms with E-state index in [-0.39, 0.29) is 29.5 Å². The lowest BCUT2D eigenvalue weighted by atomic mass is 9.83. The molecule has 4 rings (SSSR count). The second kappa shape index (κ2) is 6.36. The fourth-order valence-corrected chi connectivity index (χ4v) is 4.07. The summed E-state index contributed by atoms with van der Waals surface area (Å²) in [5, 5.41) is 20.4. The Morgan fingerprint density at radius 2 is 2.00 bits per heavy atom. The Morgan fingerprint density at radius 1 is 1.26 bits per heavy atom. The van der Waals surface area contributed by atoms with Crippen LogP contribution in [0.25, 0.3) is 6.08 Å². The van der Waals surface area contributed by atoms with Crippen molar-refractivity contribution in [3.8, 4) is 6.07 Å². The molecule has 2 aromatic carbocycles. The molecule has 2 aliphatic rings. The van der Waals surface area contributed by atoms with Crippen molar-refractivity contribution in [1.29, 1.82) is 5.26 Å². The molecule has 1 saturated heterocycles. The van der Waals surface area contributed by atoms with Crippen molar-refractivity contribution in [3.05, 3.63) is 81.0 Å². The van der Waals surface area contributed by atoms with Gasteiger partial charge in [0.2, 0.25) is 0 Å². The van der Waals surface area contributed by atoms with Gasteiger partial charge in [-0.2, -0.15) is 5.26 Å². The number of aryl methyl sites for hydroxylation is 1. The van der Waals surface area contributed by atoms with Crippen LogP contribution in [-0.4, -0.2) is 21.6 Å². The standard InChI is InChI=1S/C21H17N3O3/c1-13-2-7-18-15(10-13)8-9-23-17(12-22)11-19(20(18)23)21(25)14-3-5-16(6-4-14)24(26)27/h2-10,17,19-20H,11H2,1H3. The number of carbonyl (C=O) groups excluding carboxylic acids is 1. The average molecular weight is 359 g/mol. The van der Waals surface area contributed by atoms with E-state index in [0.717, 1.165) is 16.7 Å². The van der Waals surface area contributed by atoms with Gasteiger partial charge in [0.1, 0.15) is 6.04 Å². The van der Waals surface area contributed by atoms with Crippen molar-refractivity contribution >= 4 is 17.5 Å². The number of ketones is 1. The molecular formula is C21H17N3O3. The summed E-state index contributed by atoms with van der Waals surface area (Å²) in [6.07, 6.45) is 4.33. The zero-order valence-electron chi connectivity index (χ0n) is 14.7. The van der Waals surface area contributed by atoms with Gasteiger partial charge in [0, 0.05) is 29.8 Å². The third-order valence-corrected chi connectivity index (χ3v) is 5.38. The molecular weight excluding hydrogens is 342 g/mol. The molecule has 6 nitrogen and oxygen atoms in total. The van der Waals surface area contributed by atoms with E-state index in [9.17, 15) is 20.2 Å². The first-order valence-corrected chi connectivity index (χ1v) is 8.74. The van der Waals surface area contributed by atoms with E-state index in [2.05, 4.69) is 12.1 Å². The number of nitriles is 1. The smallest absolute Gasteiger partial charge is 0.269 e. The summed E-state index contributed by atoms with van der Waals surface area (Å²) in [5.74, 6) is -0.456. The summed E-state index contributed by atoms with van der Waals surface area (Å²) < 4.78 is 0. The Hall–Kier alpha value is -3.46. The van der Waals surface area contributed by atoms with Gasteiger partial charge in [-0.3, -0.25) is 14.9 Å². The lowest BCUT2D eigenvalue weighted by Crippen LogP contribution is -2.30. The first kappa shape index (κ1) is 17.0. The van der Waals surface area contributed by atoms with Gasteiger partial charge >= 0.3 is 0 Å². The number of benzene rings is 2. The molecule has 134 valence electrons. The van der Waals surface area contributed by atoms with Crippen LogP contribution >= 0.6 is 0 Å². The Bertz CT molecular complexity index is 1000. The summed E-state index contributed by atoms with van der Waals surface area (Å²) >= 11 is 0. The largest absolute Gasteiger partial charge is 0.354 e. The van der Waals surface area contributed by atoms with Gasteiger partial charge in [-0.1, -0.05) is 23.8 Å². The molecule has 2 aromatic rings. The van der Waals surface area contributed by atoms with Crippen LogP contribution in [0.5, 0.6) is 0 Å². The summed E-state index contributed by atoms with van der Waals surface area (Å²) in [4.78, 5) is 25.5. The van der Waals surface area contributed by atoms with Gasteiger partial charge in [-0.05, 0) is 42.7 Å². The van der Waals surface area contributed by atoms with Crippen molar-refractivity contribution in [2.45, 2.75) is 25.4 Å². The normalized spacial score (nSPS) is 22.7. The first-order chi connectivity index (χ1) is 13.0. The van der Waals surface area contributed by atoms with Crippen LogP contribution in [0, 0.1) is 34.3 Å². The van der Waals surface area contributed by atoms with Gasteiger partial charge in [0.05, 0.1) is 17.0 Å². The minimum atomic E-state index is -0.484. The molecule has 0 N–H and O–H groups in total. The summed E-state index contributed by atoms with van der Waals surface area (Å²) in [6, 6.07) is 13.6. The maximum absolute atomic E-state index is 13.2. The molecule has 0 aliphatic carbocycles. The SMILES string of the molecule is Cc1ccc2c(c1)C=CN1C(C#N)CC(C(=O)c3ccc([N+](=O)[O-])cc3)C21. The van der Waals surface area contributed by atoms with Crippen molar-refractivity contribution in [2.24, 2.45) is 5.92 Å². The zero-order valence-corrected chi connectivity index (χ0v) is 14.7. The summed E-state index contributed by atoms with van der Waals surface area (Å²) in [5.41, 5.74) is 3.64. The number of nitrogens with zero attached hydrogens (tertiary/aromatic N) is 3. The number of nitro groups is 1. The fraction of sp³-hybridized carbons (Fsp3) is 0.238. The lowest BCUT2D eigenvalue weighted by Gasteiger charge is -2.32. The highest BCUT2D eigenvalue weighted by atomic mass is 16.6. The number of nitro benzene ring substituents is 1. The van der Waals surface area contributed by atoms with Crippen LogP contribution in [-0.2, 0) is 0 Å². The van der Waals surface area contributed by atoms with Crippen LogP contribution in [0.3, 0.4) is 0 Å². The van der Waals surface area contributed by atoms with E-state index in [1.807, 2.05) is 36.2 Å². The van der Waals surface area contributed by atoms with Crippen LogP contribution in [0.1, 0.15) is 39.5 Å². The van der Waals surface area contributed by atoms with Gasteiger partial charge in [-0.25, -0.2) is 0 Å². The maximum Gasteiger partial charge on any atom is 0.269 e. The lowest BCUT2D eigenvalue weighted by molar-refractivity contribution is -0.384. The number of hydrogen-bond donors (Lipinski definition) is 0. The zero-order chi connectivity index (χ0) is 19.1. The van der Waals surface area contributed by atoms with Gasteiger partial charge in [0.15, 0.2) is 5.78 Å². The van der Waals surface area contributed by atoms with E-state index in [0.29, 0.717) is 12.0 Å². The van der Waals surface area contributed by atoms with E-state index < -0.39 is 4.92 Å². The van der Waals surface area contributed by atoms with Crippen LogP contribution < -0.4 is 0 Å². The van der Waals surface area contributed by atoms with Crippen molar-refractivity contribution in [1.82, 2.24) is 4.90 Å². The number of hydrogen-bond acceptors (Lipinski definition) is 5. The van der Waals surface area contributed by atoms with Gasteiger partial charge in [0.25, 0.3) is 5.69 Å². The third kappa shape index (κ3) is 2.77. The molecule has 2 aliphatic heterocycles. The molecule has 0 bridgehead atoms. The van der Waals surface area contributed by atoms with Crippen molar-refractivity contribution in [3.63, 3.8) is 0 Å². The molecule has 0 radical (unpaired) electrons. The molecule has 1 fully saturated rings. The van der Waals surface area contributed by atoms with Gasteiger partial charge < -0.3 is 4.90 Å². The number of rotatable bonds is 3. The summed E-state index contributed by atoms with van der Waals surface area (Å²) in [6.45, 7) is 2.02. The Kier molecular flexibility index (Phi) is 4.00. The second-order valence-electron chi connectivity index (χ2n) is 7.00. The molecule has 6 heteroatoms. The predicted octanol–water partition coefficient (Wildman–Crippen LogP) is 4.03. The molecule has 3 atom stereocenters. The molecule has 0 saturated carbocycles. The number of fused-ring (bicyclic) bond motifs is 3. The van der Waals surface area contributed by atoms with E-state index >= 15 is 0 Å². The monoisotopic (exact) mass is 359 g/mol. The third-order valence-electron chi connectivity index (χ3n) is 5.38. The first-order valence-electron chi connectivity index (χ1n) is 8.74. The molecule has 3 unspecified atom stereocenters. The Balaban J connectivity index is 1.72. The summed E-state index contributed by atoms with van der Waals surface area (Å²) in [7, 11) is 0. The van der Waals surface area contributed by atoms with E-state index in [1.54, 1.807) is 0 Å². The molecule has 2 heterocycles. The number of Topliss-reactive ketones (excluding diaryl/α,β-unsaturated/α-hetero) is 1. The quantitative estimate of drug-likeness (QED) is 0.469. The second-order valence-corrected chi connectivity index (χ2v) is 7.00. The van der Waals surface area contributed by atoms with Crippen LogP contribution in [0.15, 0.2) is 48.7 Å². The molecule has 27 heavy (non-hydrogen) atoms. The topological polar surface area (TPSA) is 87.2 Å². The van der Waals surface area contributed by atoms with Crippen LogP contribution in [0.4, 0.5) is 5.69 Å². The molecule has 0 amide bonds. The molecule has 0 aromatic heterocycles. The number of non-ortho nitro benzene ring substituents is 1. The average Bonchev–Trinajstić information content (AvgIpc) is 3.06. The van der Waals surface area contributed by atoms with Crippen molar-refractivity contribution < 1.29 is 9.72 Å². The highest BCUT2D eigenvalue weighted by Crippen LogP contribution is 2.46. The van der Waals surface area contributed by atoms with Crippen LogP contribution in [0.2, 0.25) is 0 Å². The minimum absolute atomic E-state index is 0.0454. The highest BCUT2D eigenvalue weighted by Gasteiger charge is 2.46. The number of carbonyl (C=O) groups is 1. The Morgan fingerprint density at radius 3 is 2.67 bits per heavy atom. The van der Waals surface area contributed by atoms with Gasteiger partial charge in [-0.15, -0.1) is 0 Å². The van der Waals surface area contributed by atoms with E-state index in [4.69, 9.17) is 0 Å². The Labute approximate surface area is 156 Å². The van der Waals surface area contributed by atoms with Crippen molar-refractivity contribution in [2.75, 3.05) is 0 Å². The highest BCUT2D eigenvalue weighted by molar-refractivity contribution is 5.99.